The maximum absolute atomic E-state index is 15.2. The van der Waals surface area contributed by atoms with Gasteiger partial charge in [-0.2, -0.15) is 9.37 Å². The second kappa shape index (κ2) is 8.29. The van der Waals surface area contributed by atoms with E-state index in [1.54, 1.807) is 48.8 Å². The molecule has 154 valence electrons. The molecule has 31 heavy (non-hydrogen) atoms. The third-order valence-electron chi connectivity index (χ3n) is 4.93. The van der Waals surface area contributed by atoms with Gasteiger partial charge in [0.15, 0.2) is 11.5 Å². The number of hydrogen-bond acceptors (Lipinski definition) is 3. The normalized spacial score (nSPS) is 17.7. The molecular formula is C24H18ClFN3O2+. The third-order valence-corrected chi connectivity index (χ3v) is 5.22. The van der Waals surface area contributed by atoms with E-state index in [0.29, 0.717) is 16.8 Å². The van der Waals surface area contributed by atoms with Crippen molar-refractivity contribution in [2.45, 2.75) is 19.9 Å². The summed E-state index contributed by atoms with van der Waals surface area (Å²) in [6, 6.07) is 5.26. The minimum atomic E-state index is -0.799. The first-order valence-electron chi connectivity index (χ1n) is 9.68. The Morgan fingerprint density at radius 3 is 2.65 bits per heavy atom. The number of hydrogen-bond donors (Lipinski definition) is 0. The highest BCUT2D eigenvalue weighted by molar-refractivity contribution is 6.36. The summed E-state index contributed by atoms with van der Waals surface area (Å²) < 4.78 is 16.6. The molecule has 0 spiro atoms. The van der Waals surface area contributed by atoms with Crippen LogP contribution in [0.4, 0.5) is 14.9 Å². The number of fused-ring (bicyclic) bond motifs is 1. The van der Waals surface area contributed by atoms with Gasteiger partial charge in [0, 0.05) is 23.5 Å². The summed E-state index contributed by atoms with van der Waals surface area (Å²) in [4.78, 5) is 31.2. The van der Waals surface area contributed by atoms with Crippen LogP contribution in [0.1, 0.15) is 25.0 Å². The summed E-state index contributed by atoms with van der Waals surface area (Å²) >= 11 is 6.36. The molecule has 2 aliphatic rings. The molecule has 1 aliphatic heterocycles. The van der Waals surface area contributed by atoms with Crippen LogP contribution in [-0.4, -0.2) is 33.3 Å². The van der Waals surface area contributed by atoms with Crippen LogP contribution in [0.5, 0.6) is 0 Å². The summed E-state index contributed by atoms with van der Waals surface area (Å²) in [5, 5.41) is -0.0697. The van der Waals surface area contributed by atoms with Crippen molar-refractivity contribution in [2.75, 3.05) is 4.90 Å². The van der Waals surface area contributed by atoms with Crippen molar-refractivity contribution < 1.29 is 18.6 Å². The molecule has 1 atom stereocenters. The van der Waals surface area contributed by atoms with Crippen LogP contribution in [0.15, 0.2) is 61.0 Å². The van der Waals surface area contributed by atoms with E-state index in [1.807, 2.05) is 13.8 Å². The number of amides is 3. The zero-order valence-corrected chi connectivity index (χ0v) is 17.6. The summed E-state index contributed by atoms with van der Waals surface area (Å²) in [5.74, 6) is 3.67. The molecule has 7 heteroatoms. The first-order valence-corrected chi connectivity index (χ1v) is 10.1. The first-order chi connectivity index (χ1) is 14.9. The van der Waals surface area contributed by atoms with Crippen molar-refractivity contribution >= 4 is 34.9 Å². The second-order valence-corrected chi connectivity index (χ2v) is 7.75. The number of anilines is 1. The minimum absolute atomic E-state index is 0.0697. The van der Waals surface area contributed by atoms with Gasteiger partial charge in [0.2, 0.25) is 0 Å². The number of allylic oxidation sites excluding steroid dienone is 3. The number of carbonyl (C=O) groups is 2. The average molecular weight is 435 g/mol. The first kappa shape index (κ1) is 20.7. The Morgan fingerprint density at radius 1 is 1.19 bits per heavy atom. The van der Waals surface area contributed by atoms with Crippen molar-refractivity contribution in [3.8, 4) is 11.8 Å². The Labute approximate surface area is 184 Å². The number of pyridine rings is 1. The van der Waals surface area contributed by atoms with Crippen molar-refractivity contribution in [3.05, 3.63) is 82.9 Å². The standard InChI is InChI=1S/C24H18ClFN3O2/c1-15(2)28-21-8-4-3-7-18(21)23(30)29(24(28)31)22-19(25)12-17(13-20(22)26)10-9-16-6-5-11-27-14-16/h3-8,11-15,18H,1-2H3/q+1. The van der Waals surface area contributed by atoms with Gasteiger partial charge in [-0.25, -0.2) is 9.18 Å². The Balaban J connectivity index is 1.78. The fourth-order valence-electron chi connectivity index (χ4n) is 3.58. The SMILES string of the molecule is CC(C)[N+]1=C2C=CC=CC2C(=O)N(c2c(F)cc(C#Cc3cccnc3)cc2Cl)C1=O. The smallest absolute Gasteiger partial charge is 0.263 e. The summed E-state index contributed by atoms with van der Waals surface area (Å²) in [6.07, 6.45) is 10.1. The van der Waals surface area contributed by atoms with Gasteiger partial charge in [-0.3, -0.25) is 4.98 Å². The summed E-state index contributed by atoms with van der Waals surface area (Å²) in [7, 11) is 0. The van der Waals surface area contributed by atoms with E-state index in [2.05, 4.69) is 16.8 Å². The van der Waals surface area contributed by atoms with Gasteiger partial charge in [-0.1, -0.05) is 41.7 Å². The monoisotopic (exact) mass is 434 g/mol. The second-order valence-electron chi connectivity index (χ2n) is 7.35. The number of halogens is 2. The molecule has 1 aromatic carbocycles. The number of aromatic nitrogens is 1. The van der Waals surface area contributed by atoms with E-state index in [4.69, 9.17) is 11.6 Å². The van der Waals surface area contributed by atoms with Crippen LogP contribution in [0.25, 0.3) is 0 Å². The van der Waals surface area contributed by atoms with Crippen molar-refractivity contribution in [2.24, 2.45) is 5.92 Å². The predicted octanol–water partition coefficient (Wildman–Crippen LogP) is 4.34. The highest BCUT2D eigenvalue weighted by Crippen LogP contribution is 2.34. The maximum atomic E-state index is 15.2. The zero-order chi connectivity index (χ0) is 22.1. The van der Waals surface area contributed by atoms with E-state index in [9.17, 15) is 9.59 Å². The van der Waals surface area contributed by atoms with Crippen LogP contribution in [0.3, 0.4) is 0 Å². The average Bonchev–Trinajstić information content (AvgIpc) is 2.74. The van der Waals surface area contributed by atoms with E-state index >= 15 is 4.39 Å². The summed E-state index contributed by atoms with van der Waals surface area (Å²) in [5.41, 5.74) is 1.29. The van der Waals surface area contributed by atoms with Crippen molar-refractivity contribution in [1.29, 1.82) is 0 Å². The highest BCUT2D eigenvalue weighted by Gasteiger charge is 2.50. The van der Waals surface area contributed by atoms with E-state index < -0.39 is 23.7 Å². The fourth-order valence-corrected chi connectivity index (χ4v) is 3.87. The molecule has 2 heterocycles. The van der Waals surface area contributed by atoms with Gasteiger partial charge in [-0.15, -0.1) is 4.90 Å². The lowest BCUT2D eigenvalue weighted by Crippen LogP contribution is -2.56. The Hall–Kier alpha value is -3.56. The number of carbonyl (C=O) groups excluding carboxylic acids is 2. The number of urea groups is 1. The van der Waals surface area contributed by atoms with Crippen LogP contribution in [0, 0.1) is 23.6 Å². The fraction of sp³-hybridized carbons (Fsp3) is 0.167. The molecule has 0 N–H and O–H groups in total. The summed E-state index contributed by atoms with van der Waals surface area (Å²) in [6.45, 7) is 3.66. The molecule has 1 aromatic heterocycles. The molecule has 2 aromatic rings. The van der Waals surface area contributed by atoms with Gasteiger partial charge < -0.3 is 0 Å². The largest absolute Gasteiger partial charge is 0.506 e. The van der Waals surface area contributed by atoms with Crippen LogP contribution in [-0.2, 0) is 4.79 Å². The van der Waals surface area contributed by atoms with Crippen molar-refractivity contribution in [3.63, 3.8) is 0 Å². The van der Waals surface area contributed by atoms with E-state index in [1.165, 1.54) is 16.7 Å². The quantitative estimate of drug-likeness (QED) is 0.521. The molecule has 0 saturated carbocycles. The van der Waals surface area contributed by atoms with Gasteiger partial charge in [-0.05, 0) is 44.2 Å². The molecule has 1 aliphatic carbocycles. The van der Waals surface area contributed by atoms with E-state index in [-0.39, 0.29) is 16.8 Å². The van der Waals surface area contributed by atoms with Gasteiger partial charge >= 0.3 is 11.9 Å². The molecular weight excluding hydrogens is 417 g/mol. The van der Waals surface area contributed by atoms with Gasteiger partial charge in [0.1, 0.15) is 11.6 Å². The molecule has 4 rings (SSSR count). The number of imide groups is 1. The zero-order valence-electron chi connectivity index (χ0n) is 16.8. The van der Waals surface area contributed by atoms with Crippen molar-refractivity contribution in [1.82, 2.24) is 4.98 Å². The highest BCUT2D eigenvalue weighted by atomic mass is 35.5. The molecule has 3 amide bonds. The lowest BCUT2D eigenvalue weighted by Gasteiger charge is -2.28. The Kier molecular flexibility index (Phi) is 5.53. The predicted molar refractivity (Wildman–Crippen MR) is 117 cm³/mol. The molecule has 1 unspecified atom stereocenters. The van der Waals surface area contributed by atoms with Gasteiger partial charge in [0.05, 0.1) is 11.1 Å². The number of rotatable bonds is 2. The van der Waals surface area contributed by atoms with E-state index in [0.717, 1.165) is 4.90 Å². The maximum Gasteiger partial charge on any atom is 0.506 e. The van der Waals surface area contributed by atoms with Crippen LogP contribution < -0.4 is 4.90 Å². The number of nitrogens with zero attached hydrogens (tertiary/aromatic N) is 3. The molecule has 5 nitrogen and oxygen atoms in total. The molecule has 0 radical (unpaired) electrons. The topological polar surface area (TPSA) is 53.3 Å². The lowest BCUT2D eigenvalue weighted by molar-refractivity contribution is -0.463. The molecule has 0 saturated heterocycles. The van der Waals surface area contributed by atoms with Gasteiger partial charge in [0.25, 0.3) is 0 Å². The lowest BCUT2D eigenvalue weighted by atomic mass is 9.93. The van der Waals surface area contributed by atoms with Crippen LogP contribution >= 0.6 is 11.6 Å². The Morgan fingerprint density at radius 2 is 1.97 bits per heavy atom. The molecule has 0 bridgehead atoms. The Bertz CT molecular complexity index is 1210. The third kappa shape index (κ3) is 3.80. The molecule has 0 fully saturated rings. The minimum Gasteiger partial charge on any atom is -0.263 e. The number of benzene rings is 1. The van der Waals surface area contributed by atoms with Crippen LogP contribution in [0.2, 0.25) is 5.02 Å².